The number of amides is 1. The molecule has 0 unspecified atom stereocenters. The number of aromatic nitrogens is 6. The molecule has 214 valence electrons. The Labute approximate surface area is 241 Å². The maximum atomic E-state index is 14.2. The second-order valence-electron chi connectivity index (χ2n) is 11.0. The Morgan fingerprint density at radius 1 is 1.17 bits per heavy atom. The van der Waals surface area contributed by atoms with Crippen LogP contribution in [0.1, 0.15) is 60.0 Å². The number of fused-ring (bicyclic) bond motifs is 2. The first kappa shape index (κ1) is 26.1. The minimum Gasteiger partial charge on any atom is -0.505 e. The number of rotatable bonds is 6. The third kappa shape index (κ3) is 4.74. The summed E-state index contributed by atoms with van der Waals surface area (Å²) >= 11 is 0. The number of nitrogens with zero attached hydrogens (tertiary/aromatic N) is 5. The van der Waals surface area contributed by atoms with Crippen LogP contribution in [0.15, 0.2) is 42.7 Å². The van der Waals surface area contributed by atoms with Gasteiger partial charge in [0.05, 0.1) is 30.1 Å². The van der Waals surface area contributed by atoms with Crippen LogP contribution in [0.25, 0.3) is 33.5 Å². The predicted octanol–water partition coefficient (Wildman–Crippen LogP) is 5.37. The number of hydrogen-bond donors (Lipinski definition) is 4. The van der Waals surface area contributed by atoms with E-state index in [4.69, 9.17) is 4.98 Å². The lowest BCUT2D eigenvalue weighted by atomic mass is 9.96. The van der Waals surface area contributed by atoms with Gasteiger partial charge in [-0.25, -0.2) is 19.3 Å². The molecule has 2 aliphatic rings. The molecule has 0 saturated heterocycles. The van der Waals surface area contributed by atoms with Crippen LogP contribution in [0.5, 0.6) is 5.75 Å². The van der Waals surface area contributed by atoms with Crippen molar-refractivity contribution in [3.63, 3.8) is 0 Å². The lowest BCUT2D eigenvalue weighted by Gasteiger charge is -2.25. The number of H-pyrrole nitrogens is 2. The van der Waals surface area contributed by atoms with Crippen LogP contribution in [-0.4, -0.2) is 58.6 Å². The van der Waals surface area contributed by atoms with Crippen molar-refractivity contribution in [2.75, 3.05) is 11.9 Å². The molecule has 0 bridgehead atoms. The molecule has 10 nitrogen and oxygen atoms in total. The van der Waals surface area contributed by atoms with E-state index in [1.807, 2.05) is 25.1 Å². The minimum absolute atomic E-state index is 0.167. The molecule has 1 amide bonds. The number of imidazole rings is 1. The summed E-state index contributed by atoms with van der Waals surface area (Å²) < 4.78 is 14.2. The van der Waals surface area contributed by atoms with Crippen molar-refractivity contribution in [2.24, 2.45) is 0 Å². The van der Waals surface area contributed by atoms with Gasteiger partial charge in [-0.1, -0.05) is 25.8 Å². The fourth-order valence-corrected chi connectivity index (χ4v) is 6.06. The van der Waals surface area contributed by atoms with Gasteiger partial charge in [-0.15, -0.1) is 0 Å². The zero-order valence-corrected chi connectivity index (χ0v) is 23.2. The normalized spacial score (nSPS) is 15.3. The van der Waals surface area contributed by atoms with Gasteiger partial charge in [-0.2, -0.15) is 5.10 Å². The Balaban J connectivity index is 1.09. The molecule has 4 N–H and O–H groups in total. The highest BCUT2D eigenvalue weighted by atomic mass is 19.1. The van der Waals surface area contributed by atoms with Gasteiger partial charge in [0.1, 0.15) is 17.2 Å². The Morgan fingerprint density at radius 2 is 2.02 bits per heavy atom. The molecule has 2 aromatic carbocycles. The second-order valence-corrected chi connectivity index (χ2v) is 11.0. The number of aryl methyl sites for hydroxylation is 1. The number of phenolic OH excluding ortho intramolecular Hbond substituents is 1. The van der Waals surface area contributed by atoms with Gasteiger partial charge in [-0.3, -0.25) is 9.89 Å². The Morgan fingerprint density at radius 3 is 2.81 bits per heavy atom. The van der Waals surface area contributed by atoms with Crippen LogP contribution >= 0.6 is 0 Å². The highest BCUT2D eigenvalue weighted by molar-refractivity contribution is 5.94. The number of halogens is 1. The molecule has 11 heteroatoms. The lowest BCUT2D eigenvalue weighted by Crippen LogP contribution is -2.36. The third-order valence-electron chi connectivity index (χ3n) is 8.35. The molecule has 1 saturated carbocycles. The standard InChI is InChI=1S/C31H31FN8O2/c1-2-17-12-27(41)22(32)13-21(17)18-7-8-20-24(11-18)38-39-29(20)30-36-23-9-10-40(16-26(23)37-30)31(42)25-14-34-28(15-33-25)35-19-5-3-4-6-19/h7-8,11-15,19,41H,2-6,9-10,16H2,1H3,(H,34,35)(H,36,37)(H,38,39). The topological polar surface area (TPSA) is 136 Å². The number of aromatic amines is 2. The Bertz CT molecular complexity index is 1790. The van der Waals surface area contributed by atoms with E-state index >= 15 is 0 Å². The molecule has 0 radical (unpaired) electrons. The molecule has 0 atom stereocenters. The highest BCUT2D eigenvalue weighted by Gasteiger charge is 2.27. The van der Waals surface area contributed by atoms with Crippen LogP contribution in [0.2, 0.25) is 0 Å². The first-order valence-electron chi connectivity index (χ1n) is 14.4. The second kappa shape index (κ2) is 10.6. The number of benzene rings is 2. The van der Waals surface area contributed by atoms with Gasteiger partial charge < -0.3 is 20.3 Å². The lowest BCUT2D eigenvalue weighted by molar-refractivity contribution is 0.0725. The fourth-order valence-electron chi connectivity index (χ4n) is 6.06. The number of anilines is 1. The van der Waals surface area contributed by atoms with E-state index in [0.717, 1.165) is 51.8 Å². The smallest absolute Gasteiger partial charge is 0.274 e. The average Bonchev–Trinajstić information content (AvgIpc) is 3.77. The molecular formula is C31H31FN8O2. The van der Waals surface area contributed by atoms with E-state index in [1.165, 1.54) is 25.0 Å². The molecule has 1 fully saturated rings. The van der Waals surface area contributed by atoms with Crippen molar-refractivity contribution in [3.05, 3.63) is 71.2 Å². The fraction of sp³-hybridized carbons (Fsp3) is 0.323. The molecule has 1 aliphatic carbocycles. The zero-order chi connectivity index (χ0) is 28.8. The molecule has 7 rings (SSSR count). The van der Waals surface area contributed by atoms with Crippen LogP contribution in [0.4, 0.5) is 10.2 Å². The first-order chi connectivity index (χ1) is 20.5. The Kier molecular flexibility index (Phi) is 6.56. The predicted molar refractivity (Wildman–Crippen MR) is 156 cm³/mol. The van der Waals surface area contributed by atoms with Crippen LogP contribution in [0.3, 0.4) is 0 Å². The van der Waals surface area contributed by atoms with Crippen molar-refractivity contribution < 1.29 is 14.3 Å². The average molecular weight is 567 g/mol. The Hall–Kier alpha value is -4.80. The quantitative estimate of drug-likeness (QED) is 0.217. The molecule has 0 spiro atoms. The van der Waals surface area contributed by atoms with Crippen molar-refractivity contribution in [1.29, 1.82) is 0 Å². The van der Waals surface area contributed by atoms with Gasteiger partial charge in [0.15, 0.2) is 17.4 Å². The highest BCUT2D eigenvalue weighted by Crippen LogP contribution is 2.34. The first-order valence-corrected chi connectivity index (χ1v) is 14.4. The molecule has 1 aliphatic heterocycles. The van der Waals surface area contributed by atoms with E-state index in [-0.39, 0.29) is 11.7 Å². The maximum Gasteiger partial charge on any atom is 0.274 e. The van der Waals surface area contributed by atoms with Gasteiger partial charge in [0.2, 0.25) is 0 Å². The minimum atomic E-state index is -0.651. The van der Waals surface area contributed by atoms with Crippen molar-refractivity contribution in [3.8, 4) is 28.4 Å². The number of aromatic hydroxyl groups is 1. The van der Waals surface area contributed by atoms with Crippen molar-refractivity contribution in [1.82, 2.24) is 35.0 Å². The number of phenols is 1. The summed E-state index contributed by atoms with van der Waals surface area (Å²) in [5.74, 6) is 0.165. The van der Waals surface area contributed by atoms with Crippen LogP contribution in [0, 0.1) is 5.82 Å². The van der Waals surface area contributed by atoms with E-state index in [1.54, 1.807) is 17.3 Å². The van der Waals surface area contributed by atoms with E-state index < -0.39 is 5.82 Å². The van der Waals surface area contributed by atoms with Crippen LogP contribution < -0.4 is 5.32 Å². The summed E-state index contributed by atoms with van der Waals surface area (Å²) in [5.41, 5.74) is 5.98. The number of carbonyl (C=O) groups excluding carboxylic acids is 1. The molecule has 42 heavy (non-hydrogen) atoms. The molecule has 4 heterocycles. The van der Waals surface area contributed by atoms with Gasteiger partial charge in [0, 0.05) is 30.1 Å². The molecule has 5 aromatic rings. The SMILES string of the molecule is CCc1cc(O)c(F)cc1-c1ccc2c(-c3nc4c([nH]3)CCN(C(=O)c3cnc(NC5CCCC5)cn3)C4)n[nH]c2c1. The maximum absolute atomic E-state index is 14.2. The molecular weight excluding hydrogens is 535 g/mol. The van der Waals surface area contributed by atoms with Gasteiger partial charge in [0.25, 0.3) is 5.91 Å². The largest absolute Gasteiger partial charge is 0.505 e. The zero-order valence-electron chi connectivity index (χ0n) is 23.2. The van der Waals surface area contributed by atoms with E-state index in [9.17, 15) is 14.3 Å². The summed E-state index contributed by atoms with van der Waals surface area (Å²) in [7, 11) is 0. The summed E-state index contributed by atoms with van der Waals surface area (Å²) in [5, 5.41) is 21.7. The summed E-state index contributed by atoms with van der Waals surface area (Å²) in [6.45, 7) is 2.88. The van der Waals surface area contributed by atoms with Crippen molar-refractivity contribution >= 4 is 22.6 Å². The summed E-state index contributed by atoms with van der Waals surface area (Å²) in [6.07, 6.45) is 9.22. The number of carbonyl (C=O) groups is 1. The van der Waals surface area contributed by atoms with E-state index in [2.05, 4.69) is 30.5 Å². The number of hydrogen-bond acceptors (Lipinski definition) is 7. The summed E-state index contributed by atoms with van der Waals surface area (Å²) in [6, 6.07) is 9.07. The summed E-state index contributed by atoms with van der Waals surface area (Å²) in [4.78, 5) is 32.0. The third-order valence-corrected chi connectivity index (χ3v) is 8.35. The van der Waals surface area contributed by atoms with Gasteiger partial charge >= 0.3 is 0 Å². The van der Waals surface area contributed by atoms with Crippen LogP contribution in [-0.2, 0) is 19.4 Å². The number of nitrogens with one attached hydrogen (secondary N) is 3. The van der Waals surface area contributed by atoms with Crippen molar-refractivity contribution in [2.45, 2.75) is 58.0 Å². The monoisotopic (exact) mass is 566 g/mol. The van der Waals surface area contributed by atoms with Gasteiger partial charge in [-0.05, 0) is 60.2 Å². The van der Waals surface area contributed by atoms with E-state index in [0.29, 0.717) is 55.0 Å². The molecule has 3 aromatic heterocycles.